The molecular weight excluding hydrogens is 244 g/mol. The highest BCUT2D eigenvalue weighted by molar-refractivity contribution is 7.12. The predicted molar refractivity (Wildman–Crippen MR) is 72.5 cm³/mol. The van der Waals surface area contributed by atoms with Gasteiger partial charge in [-0.05, 0) is 28.1 Å². The first-order valence-electron chi connectivity index (χ1n) is 5.96. The molecule has 0 saturated heterocycles. The van der Waals surface area contributed by atoms with Crippen molar-refractivity contribution in [2.24, 2.45) is 0 Å². The number of hydrogen-bond acceptors (Lipinski definition) is 3. The van der Waals surface area contributed by atoms with Crippen LogP contribution in [0.2, 0.25) is 0 Å². The van der Waals surface area contributed by atoms with Gasteiger partial charge >= 0.3 is 0 Å². The number of rotatable bonds is 3. The predicted octanol–water partition coefficient (Wildman–Crippen LogP) is 2.28. The van der Waals surface area contributed by atoms with Crippen LogP contribution in [-0.2, 0) is 19.6 Å². The van der Waals surface area contributed by atoms with Crippen LogP contribution in [0.5, 0.6) is 0 Å². The Morgan fingerprint density at radius 1 is 1.28 bits per heavy atom. The number of hydrogen-bond donors (Lipinski definition) is 2. The fourth-order valence-electron chi connectivity index (χ4n) is 2.14. The highest BCUT2D eigenvalue weighted by atomic mass is 32.1. The maximum Gasteiger partial charge on any atom is 0.261 e. The lowest BCUT2D eigenvalue weighted by molar-refractivity contribution is 0.0955. The number of thiophene rings is 1. The zero-order valence-electron chi connectivity index (χ0n) is 9.90. The molecule has 0 atom stereocenters. The summed E-state index contributed by atoms with van der Waals surface area (Å²) in [7, 11) is 0. The number of fused-ring (bicyclic) bond motifs is 1. The van der Waals surface area contributed by atoms with Crippen molar-refractivity contribution in [1.29, 1.82) is 0 Å². The van der Waals surface area contributed by atoms with Gasteiger partial charge in [0.2, 0.25) is 0 Å². The van der Waals surface area contributed by atoms with E-state index in [0.29, 0.717) is 6.54 Å². The summed E-state index contributed by atoms with van der Waals surface area (Å²) in [4.78, 5) is 12.6. The van der Waals surface area contributed by atoms with Gasteiger partial charge in [0.05, 0.1) is 4.88 Å². The Labute approximate surface area is 110 Å². The summed E-state index contributed by atoms with van der Waals surface area (Å²) in [6.45, 7) is 2.48. The van der Waals surface area contributed by atoms with Crippen molar-refractivity contribution in [3.05, 3.63) is 57.3 Å². The Balaban J connectivity index is 1.65. The molecular formula is C14H14N2OS. The smallest absolute Gasteiger partial charge is 0.261 e. The summed E-state index contributed by atoms with van der Waals surface area (Å²) in [5.41, 5.74) is 3.86. The Hall–Kier alpha value is -1.65. The van der Waals surface area contributed by atoms with Crippen LogP contribution in [0.3, 0.4) is 0 Å². The minimum Gasteiger partial charge on any atom is -0.347 e. The van der Waals surface area contributed by atoms with Crippen molar-refractivity contribution >= 4 is 17.2 Å². The van der Waals surface area contributed by atoms with Gasteiger partial charge in [0.15, 0.2) is 0 Å². The minimum absolute atomic E-state index is 0.00336. The molecule has 0 spiro atoms. The van der Waals surface area contributed by atoms with E-state index >= 15 is 0 Å². The van der Waals surface area contributed by atoms with Crippen LogP contribution in [0.25, 0.3) is 0 Å². The van der Waals surface area contributed by atoms with Gasteiger partial charge in [-0.1, -0.05) is 24.3 Å². The van der Waals surface area contributed by atoms with E-state index in [1.807, 2.05) is 17.5 Å². The second kappa shape index (κ2) is 4.92. The number of carbonyl (C=O) groups excluding carboxylic acids is 1. The minimum atomic E-state index is 0.00336. The molecule has 2 aromatic rings. The van der Waals surface area contributed by atoms with Gasteiger partial charge < -0.3 is 10.6 Å². The molecule has 0 aliphatic carbocycles. The van der Waals surface area contributed by atoms with Gasteiger partial charge in [0.25, 0.3) is 5.91 Å². The normalized spacial score (nSPS) is 13.3. The van der Waals surface area contributed by atoms with Gasteiger partial charge in [0.1, 0.15) is 0 Å². The molecule has 0 radical (unpaired) electrons. The molecule has 0 fully saturated rings. The number of carbonyl (C=O) groups is 1. The van der Waals surface area contributed by atoms with Crippen molar-refractivity contribution in [3.63, 3.8) is 0 Å². The molecule has 1 aromatic carbocycles. The SMILES string of the molecule is O=C(NCc1ccc2c(c1)CNC2)c1cccs1. The summed E-state index contributed by atoms with van der Waals surface area (Å²) in [5, 5.41) is 8.17. The fraction of sp³-hybridized carbons (Fsp3) is 0.214. The van der Waals surface area contributed by atoms with Crippen LogP contribution in [0.15, 0.2) is 35.7 Å². The summed E-state index contributed by atoms with van der Waals surface area (Å²) in [5.74, 6) is 0.00336. The topological polar surface area (TPSA) is 41.1 Å². The molecule has 2 N–H and O–H groups in total. The standard InChI is InChI=1S/C14H14N2OS/c17-14(13-2-1-5-18-13)16-7-10-3-4-11-8-15-9-12(11)6-10/h1-6,15H,7-9H2,(H,16,17). The van der Waals surface area contributed by atoms with E-state index in [4.69, 9.17) is 0 Å². The molecule has 3 nitrogen and oxygen atoms in total. The van der Waals surface area contributed by atoms with Crippen LogP contribution in [0.1, 0.15) is 26.4 Å². The first-order chi connectivity index (χ1) is 8.83. The summed E-state index contributed by atoms with van der Waals surface area (Å²) in [6, 6.07) is 10.1. The van der Waals surface area contributed by atoms with Crippen molar-refractivity contribution in [1.82, 2.24) is 10.6 Å². The average molecular weight is 258 g/mol. The molecule has 1 amide bonds. The van der Waals surface area contributed by atoms with Crippen molar-refractivity contribution < 1.29 is 4.79 Å². The largest absolute Gasteiger partial charge is 0.347 e. The van der Waals surface area contributed by atoms with E-state index in [-0.39, 0.29) is 5.91 Å². The quantitative estimate of drug-likeness (QED) is 0.887. The van der Waals surface area contributed by atoms with Gasteiger partial charge in [0, 0.05) is 19.6 Å². The number of amides is 1. The molecule has 1 aromatic heterocycles. The molecule has 0 unspecified atom stereocenters. The average Bonchev–Trinajstić information content (AvgIpc) is 3.05. The highest BCUT2D eigenvalue weighted by Gasteiger charge is 2.11. The third-order valence-corrected chi connectivity index (χ3v) is 3.97. The third-order valence-electron chi connectivity index (χ3n) is 3.10. The lowest BCUT2D eigenvalue weighted by Gasteiger charge is -2.06. The monoisotopic (exact) mass is 258 g/mol. The lowest BCUT2D eigenvalue weighted by Crippen LogP contribution is -2.21. The molecule has 3 rings (SSSR count). The first kappa shape index (κ1) is 11.4. The molecule has 0 saturated carbocycles. The fourth-order valence-corrected chi connectivity index (χ4v) is 2.78. The third kappa shape index (κ3) is 2.30. The van der Waals surface area contributed by atoms with Crippen molar-refractivity contribution in [3.8, 4) is 0 Å². The van der Waals surface area contributed by atoms with Gasteiger partial charge in [-0.25, -0.2) is 0 Å². The Morgan fingerprint density at radius 2 is 2.17 bits per heavy atom. The molecule has 2 heterocycles. The van der Waals surface area contributed by atoms with E-state index in [1.54, 1.807) is 0 Å². The molecule has 1 aliphatic heterocycles. The zero-order valence-corrected chi connectivity index (χ0v) is 10.7. The molecule has 4 heteroatoms. The lowest BCUT2D eigenvalue weighted by atomic mass is 10.1. The Bertz CT molecular complexity index is 563. The number of nitrogens with one attached hydrogen (secondary N) is 2. The second-order valence-corrected chi connectivity index (χ2v) is 5.31. The maximum absolute atomic E-state index is 11.8. The second-order valence-electron chi connectivity index (χ2n) is 4.37. The van der Waals surface area contributed by atoms with E-state index in [2.05, 4.69) is 28.8 Å². The van der Waals surface area contributed by atoms with Gasteiger partial charge in [-0.2, -0.15) is 0 Å². The summed E-state index contributed by atoms with van der Waals surface area (Å²) in [6.07, 6.45) is 0. The van der Waals surface area contributed by atoms with Crippen LogP contribution >= 0.6 is 11.3 Å². The van der Waals surface area contributed by atoms with Crippen LogP contribution < -0.4 is 10.6 Å². The molecule has 0 bridgehead atoms. The van der Waals surface area contributed by atoms with E-state index < -0.39 is 0 Å². The summed E-state index contributed by atoms with van der Waals surface area (Å²) >= 11 is 1.46. The Morgan fingerprint density at radius 3 is 3.00 bits per heavy atom. The zero-order chi connectivity index (χ0) is 12.4. The van der Waals surface area contributed by atoms with Gasteiger partial charge in [-0.3, -0.25) is 4.79 Å². The van der Waals surface area contributed by atoms with Crippen LogP contribution in [0.4, 0.5) is 0 Å². The van der Waals surface area contributed by atoms with E-state index in [0.717, 1.165) is 23.5 Å². The molecule has 18 heavy (non-hydrogen) atoms. The van der Waals surface area contributed by atoms with Crippen LogP contribution in [0, 0.1) is 0 Å². The number of benzene rings is 1. The molecule has 1 aliphatic rings. The van der Waals surface area contributed by atoms with E-state index in [9.17, 15) is 4.79 Å². The highest BCUT2D eigenvalue weighted by Crippen LogP contribution is 2.17. The van der Waals surface area contributed by atoms with Crippen molar-refractivity contribution in [2.75, 3.05) is 0 Å². The van der Waals surface area contributed by atoms with Crippen LogP contribution in [-0.4, -0.2) is 5.91 Å². The summed E-state index contributed by atoms with van der Waals surface area (Å²) < 4.78 is 0. The van der Waals surface area contributed by atoms with Gasteiger partial charge in [-0.15, -0.1) is 11.3 Å². The van der Waals surface area contributed by atoms with Crippen molar-refractivity contribution in [2.45, 2.75) is 19.6 Å². The molecule has 92 valence electrons. The Kier molecular flexibility index (Phi) is 3.13. The maximum atomic E-state index is 11.8. The van der Waals surface area contributed by atoms with E-state index in [1.165, 1.54) is 22.5 Å². The first-order valence-corrected chi connectivity index (χ1v) is 6.84.